The number of likely N-dealkylation sites (tertiary alicyclic amines) is 1. The van der Waals surface area contributed by atoms with Gasteiger partial charge in [0, 0.05) is 30.8 Å². The highest BCUT2D eigenvalue weighted by Crippen LogP contribution is 2.27. The Bertz CT molecular complexity index is 324. The van der Waals surface area contributed by atoms with Crippen molar-refractivity contribution < 1.29 is 0 Å². The van der Waals surface area contributed by atoms with Gasteiger partial charge in [0.25, 0.3) is 0 Å². The predicted molar refractivity (Wildman–Crippen MR) is 69.2 cm³/mol. The van der Waals surface area contributed by atoms with Crippen molar-refractivity contribution in [1.29, 1.82) is 0 Å². The van der Waals surface area contributed by atoms with Gasteiger partial charge in [-0.1, -0.05) is 6.92 Å². The Kier molecular flexibility index (Phi) is 4.32. The van der Waals surface area contributed by atoms with Gasteiger partial charge in [0.2, 0.25) is 0 Å². The van der Waals surface area contributed by atoms with Gasteiger partial charge in [-0.05, 0) is 26.6 Å². The zero-order valence-electron chi connectivity index (χ0n) is 10.2. The summed E-state index contributed by atoms with van der Waals surface area (Å²) < 4.78 is 0. The largest absolute Gasteiger partial charge is 0.317 e. The van der Waals surface area contributed by atoms with E-state index in [-0.39, 0.29) is 0 Å². The minimum Gasteiger partial charge on any atom is -0.317 e. The average molecular weight is 239 g/mol. The lowest BCUT2D eigenvalue weighted by Gasteiger charge is -2.07. The van der Waals surface area contributed by atoms with Gasteiger partial charge in [0.05, 0.1) is 10.7 Å². The summed E-state index contributed by atoms with van der Waals surface area (Å²) in [5.74, 6) is 0.675. The maximum absolute atomic E-state index is 4.75. The summed E-state index contributed by atoms with van der Waals surface area (Å²) >= 11 is 1.82. The van der Waals surface area contributed by atoms with Gasteiger partial charge >= 0.3 is 0 Å². The molecule has 1 aromatic heterocycles. The van der Waals surface area contributed by atoms with E-state index in [9.17, 15) is 0 Å². The summed E-state index contributed by atoms with van der Waals surface area (Å²) in [7, 11) is 2.19. The van der Waals surface area contributed by atoms with Gasteiger partial charge in [0.1, 0.15) is 0 Å². The average Bonchev–Trinajstić information content (AvgIpc) is 2.87. The van der Waals surface area contributed by atoms with Gasteiger partial charge in [-0.2, -0.15) is 0 Å². The molecule has 0 aliphatic carbocycles. The van der Waals surface area contributed by atoms with Crippen LogP contribution < -0.4 is 5.32 Å². The molecular formula is C12H21N3S. The van der Waals surface area contributed by atoms with Crippen molar-refractivity contribution in [2.45, 2.75) is 25.7 Å². The van der Waals surface area contributed by atoms with Crippen molar-refractivity contribution in [2.24, 2.45) is 0 Å². The Morgan fingerprint density at radius 1 is 1.62 bits per heavy atom. The van der Waals surface area contributed by atoms with Crippen LogP contribution in [0.15, 0.2) is 5.38 Å². The van der Waals surface area contributed by atoms with Gasteiger partial charge in [-0.25, -0.2) is 4.98 Å². The second-order valence-corrected chi connectivity index (χ2v) is 5.46. The number of nitrogens with zero attached hydrogens (tertiary/aromatic N) is 2. The number of nitrogens with one attached hydrogen (secondary N) is 1. The maximum atomic E-state index is 4.75. The van der Waals surface area contributed by atoms with Crippen LogP contribution in [0.3, 0.4) is 0 Å². The maximum Gasteiger partial charge on any atom is 0.0941 e. The van der Waals surface area contributed by atoms with Crippen LogP contribution >= 0.6 is 11.3 Å². The first-order chi connectivity index (χ1) is 7.79. The third-order valence-corrected chi connectivity index (χ3v) is 4.07. The lowest BCUT2D eigenvalue weighted by Crippen LogP contribution is -2.16. The molecule has 1 saturated heterocycles. The van der Waals surface area contributed by atoms with E-state index < -0.39 is 0 Å². The summed E-state index contributed by atoms with van der Waals surface area (Å²) in [5, 5.41) is 6.88. The lowest BCUT2D eigenvalue weighted by molar-refractivity contribution is 0.411. The second kappa shape index (κ2) is 5.75. The smallest absolute Gasteiger partial charge is 0.0941 e. The summed E-state index contributed by atoms with van der Waals surface area (Å²) in [5.41, 5.74) is 1.32. The summed E-state index contributed by atoms with van der Waals surface area (Å²) in [4.78, 5) is 7.14. The van der Waals surface area contributed by atoms with Crippen LogP contribution in [0, 0.1) is 0 Å². The first-order valence-electron chi connectivity index (χ1n) is 6.13. The van der Waals surface area contributed by atoms with E-state index in [1.54, 1.807) is 0 Å². The normalized spacial score (nSPS) is 21.8. The highest BCUT2D eigenvalue weighted by atomic mass is 32.1. The van der Waals surface area contributed by atoms with E-state index in [1.807, 2.05) is 11.3 Å². The topological polar surface area (TPSA) is 28.2 Å². The van der Waals surface area contributed by atoms with E-state index in [0.29, 0.717) is 5.92 Å². The summed E-state index contributed by atoms with van der Waals surface area (Å²) in [6.07, 6.45) is 2.34. The van der Waals surface area contributed by atoms with Gasteiger partial charge in [-0.15, -0.1) is 11.3 Å². The van der Waals surface area contributed by atoms with E-state index in [1.165, 1.54) is 30.2 Å². The number of hydrogen-bond acceptors (Lipinski definition) is 4. The van der Waals surface area contributed by atoms with Gasteiger partial charge in [-0.3, -0.25) is 0 Å². The van der Waals surface area contributed by atoms with Crippen LogP contribution in [0.4, 0.5) is 0 Å². The Labute approximate surface area is 102 Å². The number of likely N-dealkylation sites (N-methyl/N-ethyl adjacent to an activating group) is 2. The standard InChI is InChI=1S/C12H21N3S/c1-3-13-6-4-12-14-11(9-16-12)10-5-7-15(2)8-10/h9-10,13H,3-8H2,1-2H3. The monoisotopic (exact) mass is 239 g/mol. The van der Waals surface area contributed by atoms with Crippen molar-refractivity contribution in [1.82, 2.24) is 15.2 Å². The molecule has 4 heteroatoms. The van der Waals surface area contributed by atoms with E-state index in [4.69, 9.17) is 4.98 Å². The molecule has 1 N–H and O–H groups in total. The quantitative estimate of drug-likeness (QED) is 0.793. The Morgan fingerprint density at radius 2 is 2.50 bits per heavy atom. The molecule has 1 aromatic rings. The van der Waals surface area contributed by atoms with Crippen molar-refractivity contribution in [3.8, 4) is 0 Å². The molecule has 1 unspecified atom stereocenters. The lowest BCUT2D eigenvalue weighted by atomic mass is 10.1. The molecule has 0 saturated carbocycles. The first kappa shape index (κ1) is 12.0. The highest BCUT2D eigenvalue weighted by Gasteiger charge is 2.22. The molecule has 1 aliphatic heterocycles. The fourth-order valence-electron chi connectivity index (χ4n) is 2.18. The molecule has 2 rings (SSSR count). The molecule has 0 spiro atoms. The predicted octanol–water partition coefficient (Wildman–Crippen LogP) is 1.71. The molecule has 16 heavy (non-hydrogen) atoms. The molecule has 2 heterocycles. The van der Waals surface area contributed by atoms with Crippen molar-refractivity contribution >= 4 is 11.3 Å². The van der Waals surface area contributed by atoms with Crippen molar-refractivity contribution in [3.63, 3.8) is 0 Å². The molecule has 0 aromatic carbocycles. The number of aromatic nitrogens is 1. The van der Waals surface area contributed by atoms with Crippen LogP contribution in [0.2, 0.25) is 0 Å². The Hall–Kier alpha value is -0.450. The van der Waals surface area contributed by atoms with E-state index in [2.05, 4.69) is 29.6 Å². The van der Waals surface area contributed by atoms with Crippen LogP contribution in [0.1, 0.15) is 30.0 Å². The Balaban J connectivity index is 1.87. The molecule has 0 radical (unpaired) electrons. The van der Waals surface area contributed by atoms with Crippen LogP contribution in [0.25, 0.3) is 0 Å². The van der Waals surface area contributed by atoms with Crippen molar-refractivity contribution in [2.75, 3.05) is 33.2 Å². The zero-order chi connectivity index (χ0) is 11.4. The van der Waals surface area contributed by atoms with Crippen LogP contribution in [-0.4, -0.2) is 43.1 Å². The zero-order valence-corrected chi connectivity index (χ0v) is 11.0. The SMILES string of the molecule is CCNCCc1nc(C2CCN(C)C2)cs1. The molecule has 1 aliphatic rings. The summed E-state index contributed by atoms with van der Waals surface area (Å²) in [6, 6.07) is 0. The number of thiazole rings is 1. The molecule has 1 atom stereocenters. The molecule has 1 fully saturated rings. The molecule has 0 amide bonds. The fraction of sp³-hybridized carbons (Fsp3) is 0.750. The van der Waals surface area contributed by atoms with Crippen LogP contribution in [0.5, 0.6) is 0 Å². The Morgan fingerprint density at radius 3 is 3.19 bits per heavy atom. The third-order valence-electron chi connectivity index (χ3n) is 3.14. The summed E-state index contributed by atoms with van der Waals surface area (Å²) in [6.45, 7) is 6.63. The van der Waals surface area contributed by atoms with Gasteiger partial charge in [0.15, 0.2) is 0 Å². The van der Waals surface area contributed by atoms with E-state index >= 15 is 0 Å². The molecule has 90 valence electrons. The van der Waals surface area contributed by atoms with Crippen molar-refractivity contribution in [3.05, 3.63) is 16.1 Å². The molecular weight excluding hydrogens is 218 g/mol. The number of hydrogen-bond donors (Lipinski definition) is 1. The molecule has 0 bridgehead atoms. The second-order valence-electron chi connectivity index (χ2n) is 4.52. The van der Waals surface area contributed by atoms with E-state index in [0.717, 1.165) is 19.5 Å². The first-order valence-corrected chi connectivity index (χ1v) is 7.01. The number of rotatable bonds is 5. The minimum absolute atomic E-state index is 0.675. The van der Waals surface area contributed by atoms with Gasteiger partial charge < -0.3 is 10.2 Å². The van der Waals surface area contributed by atoms with Crippen LogP contribution in [-0.2, 0) is 6.42 Å². The third kappa shape index (κ3) is 3.03. The minimum atomic E-state index is 0.675. The molecule has 3 nitrogen and oxygen atoms in total. The highest BCUT2D eigenvalue weighted by molar-refractivity contribution is 7.09. The fourth-order valence-corrected chi connectivity index (χ4v) is 3.06.